The minimum Gasteiger partial charge on any atom is -0.432 e. The van der Waals surface area contributed by atoms with Gasteiger partial charge in [-0.25, -0.2) is 0 Å². The van der Waals surface area contributed by atoms with Crippen molar-refractivity contribution >= 4 is 37.2 Å². The number of hydrogen-bond acceptors (Lipinski definition) is 5. The smallest absolute Gasteiger partial charge is 0.268 e. The van der Waals surface area contributed by atoms with Gasteiger partial charge in [-0.15, -0.1) is 0 Å². The number of rotatable bonds is 6. The van der Waals surface area contributed by atoms with Gasteiger partial charge in [0.15, 0.2) is 13.9 Å². The number of aliphatic hydroxyl groups excluding tert-OH is 1. The molecule has 0 aromatic heterocycles. The van der Waals surface area contributed by atoms with Crippen molar-refractivity contribution in [2.45, 2.75) is 43.7 Å². The first-order valence-corrected chi connectivity index (χ1v) is 15.6. The van der Waals surface area contributed by atoms with Crippen LogP contribution in [0.25, 0.3) is 0 Å². The van der Waals surface area contributed by atoms with E-state index in [2.05, 4.69) is 5.32 Å². The van der Waals surface area contributed by atoms with Gasteiger partial charge in [-0.2, -0.15) is 0 Å². The van der Waals surface area contributed by atoms with Crippen molar-refractivity contribution in [2.75, 3.05) is 16.8 Å². The zero-order valence-electron chi connectivity index (χ0n) is 21.2. The SMILES string of the molecule is C[C@H]1[C@H]([Si](C)(C)O)[C@@H](CCO)O[C@]12C(=O)N(c1ccccc1)c1ccc(NC(=O)c3ccccc3)cc12. The molecule has 2 aliphatic heterocycles. The van der Waals surface area contributed by atoms with Crippen LogP contribution < -0.4 is 10.2 Å². The summed E-state index contributed by atoms with van der Waals surface area (Å²) in [5, 5.41) is 12.7. The van der Waals surface area contributed by atoms with Crippen LogP contribution in [0.15, 0.2) is 78.9 Å². The second-order valence-corrected chi connectivity index (χ2v) is 14.4. The van der Waals surface area contributed by atoms with Crippen molar-refractivity contribution in [3.63, 3.8) is 0 Å². The Labute approximate surface area is 217 Å². The monoisotopic (exact) mass is 516 g/mol. The van der Waals surface area contributed by atoms with Gasteiger partial charge in [-0.1, -0.05) is 43.3 Å². The Morgan fingerprint density at radius 2 is 1.70 bits per heavy atom. The molecule has 3 N–H and O–H groups in total. The van der Waals surface area contributed by atoms with Crippen LogP contribution in [0.3, 0.4) is 0 Å². The van der Waals surface area contributed by atoms with Crippen LogP contribution in [-0.4, -0.2) is 42.7 Å². The van der Waals surface area contributed by atoms with Gasteiger partial charge in [-0.3, -0.25) is 14.5 Å². The lowest BCUT2D eigenvalue weighted by Crippen LogP contribution is -2.45. The topological polar surface area (TPSA) is 99.1 Å². The zero-order chi connectivity index (χ0) is 26.4. The molecule has 2 heterocycles. The van der Waals surface area contributed by atoms with Gasteiger partial charge in [0, 0.05) is 40.6 Å². The second kappa shape index (κ2) is 9.53. The van der Waals surface area contributed by atoms with E-state index in [-0.39, 0.29) is 29.9 Å². The lowest BCUT2D eigenvalue weighted by Gasteiger charge is -2.32. The van der Waals surface area contributed by atoms with Gasteiger partial charge in [0.05, 0.1) is 11.8 Å². The van der Waals surface area contributed by atoms with Crippen LogP contribution in [0.5, 0.6) is 0 Å². The van der Waals surface area contributed by atoms with Gasteiger partial charge < -0.3 is 20.0 Å². The third-order valence-electron chi connectivity index (χ3n) is 7.61. The number of aliphatic hydroxyl groups is 1. The van der Waals surface area contributed by atoms with Crippen molar-refractivity contribution in [3.8, 4) is 0 Å². The molecular formula is C29H32N2O5Si. The van der Waals surface area contributed by atoms with Crippen molar-refractivity contribution < 1.29 is 24.2 Å². The van der Waals surface area contributed by atoms with E-state index >= 15 is 0 Å². The number of ether oxygens (including phenoxy) is 1. The molecule has 4 atom stereocenters. The van der Waals surface area contributed by atoms with Gasteiger partial charge in [0.25, 0.3) is 11.8 Å². The number of fused-ring (bicyclic) bond motifs is 2. The minimum absolute atomic E-state index is 0.106. The molecule has 2 aliphatic rings. The summed E-state index contributed by atoms with van der Waals surface area (Å²) >= 11 is 0. The van der Waals surface area contributed by atoms with E-state index in [4.69, 9.17) is 4.74 Å². The van der Waals surface area contributed by atoms with Crippen LogP contribution >= 0.6 is 0 Å². The number of para-hydroxylation sites is 1. The third kappa shape index (κ3) is 4.20. The molecule has 1 fully saturated rings. The Morgan fingerprint density at radius 1 is 1.05 bits per heavy atom. The van der Waals surface area contributed by atoms with E-state index in [1.54, 1.807) is 35.2 Å². The lowest BCUT2D eigenvalue weighted by atomic mass is 9.82. The Kier molecular flexibility index (Phi) is 6.53. The molecule has 8 heteroatoms. The molecule has 5 rings (SSSR count). The summed E-state index contributed by atoms with van der Waals surface area (Å²) in [7, 11) is -2.79. The largest absolute Gasteiger partial charge is 0.432 e. The molecule has 192 valence electrons. The molecule has 0 aliphatic carbocycles. The summed E-state index contributed by atoms with van der Waals surface area (Å²) in [5.41, 5.74) is 1.51. The van der Waals surface area contributed by atoms with Crippen molar-refractivity contribution in [3.05, 3.63) is 90.0 Å². The summed E-state index contributed by atoms with van der Waals surface area (Å²) in [5.74, 6) is -0.827. The van der Waals surface area contributed by atoms with E-state index in [0.29, 0.717) is 34.6 Å². The van der Waals surface area contributed by atoms with Crippen LogP contribution in [0.4, 0.5) is 17.1 Å². The molecule has 0 saturated carbocycles. The zero-order valence-corrected chi connectivity index (χ0v) is 22.2. The van der Waals surface area contributed by atoms with Crippen molar-refractivity contribution in [1.82, 2.24) is 0 Å². The average Bonchev–Trinajstić information content (AvgIpc) is 3.31. The van der Waals surface area contributed by atoms with E-state index in [0.717, 1.165) is 0 Å². The number of nitrogens with zero attached hydrogens (tertiary/aromatic N) is 1. The van der Waals surface area contributed by atoms with Gasteiger partial charge >= 0.3 is 0 Å². The number of benzene rings is 3. The van der Waals surface area contributed by atoms with E-state index in [9.17, 15) is 19.5 Å². The number of nitrogens with one attached hydrogen (secondary N) is 1. The Morgan fingerprint density at radius 3 is 2.32 bits per heavy atom. The van der Waals surface area contributed by atoms with E-state index in [1.807, 2.05) is 68.5 Å². The number of carbonyl (C=O) groups excluding carboxylic acids is 2. The van der Waals surface area contributed by atoms with Gasteiger partial charge in [0.2, 0.25) is 0 Å². The summed E-state index contributed by atoms with van der Waals surface area (Å²) < 4.78 is 6.65. The highest BCUT2D eigenvalue weighted by Crippen LogP contribution is 2.60. The Hall–Kier alpha value is -3.30. The minimum atomic E-state index is -2.79. The first-order valence-electron chi connectivity index (χ1n) is 12.6. The number of anilines is 3. The maximum Gasteiger partial charge on any atom is 0.268 e. The van der Waals surface area contributed by atoms with E-state index < -0.39 is 20.0 Å². The molecule has 0 bridgehead atoms. The van der Waals surface area contributed by atoms with E-state index in [1.165, 1.54) is 0 Å². The molecule has 3 aromatic carbocycles. The number of hydrogen-bond donors (Lipinski definition) is 3. The van der Waals surface area contributed by atoms with Crippen LogP contribution in [0.1, 0.15) is 29.3 Å². The number of carbonyl (C=O) groups is 2. The first-order chi connectivity index (χ1) is 17.7. The number of amides is 2. The Bertz CT molecular complexity index is 1310. The lowest BCUT2D eigenvalue weighted by molar-refractivity contribution is -0.145. The molecule has 0 unspecified atom stereocenters. The Balaban J connectivity index is 1.64. The molecule has 3 aromatic rings. The van der Waals surface area contributed by atoms with Crippen LogP contribution in [-0.2, 0) is 15.1 Å². The molecule has 1 spiro atoms. The van der Waals surface area contributed by atoms with Gasteiger partial charge in [0.1, 0.15) is 0 Å². The maximum atomic E-state index is 14.4. The first kappa shape index (κ1) is 25.4. The highest BCUT2D eigenvalue weighted by molar-refractivity contribution is 6.71. The average molecular weight is 517 g/mol. The molecule has 7 nitrogen and oxygen atoms in total. The molecule has 2 amide bonds. The summed E-state index contributed by atoms with van der Waals surface area (Å²) in [6.45, 7) is 5.56. The fraction of sp³-hybridized carbons (Fsp3) is 0.310. The second-order valence-electron chi connectivity index (χ2n) is 10.4. The molecule has 37 heavy (non-hydrogen) atoms. The maximum absolute atomic E-state index is 14.4. The predicted octanol–water partition coefficient (Wildman–Crippen LogP) is 4.80. The molecule has 0 radical (unpaired) electrons. The fourth-order valence-corrected chi connectivity index (χ4v) is 8.71. The highest BCUT2D eigenvalue weighted by atomic mass is 28.4. The van der Waals surface area contributed by atoms with Crippen LogP contribution in [0.2, 0.25) is 18.6 Å². The predicted molar refractivity (Wildman–Crippen MR) is 145 cm³/mol. The standard InChI is InChI=1S/C29H32N2O5Si/c1-19-26(37(2,3)35)25(16-17-32)36-29(19)23-18-21(30-27(33)20-10-6-4-7-11-20)14-15-24(23)31(28(29)34)22-12-8-5-9-13-22/h4-15,18-19,25-26,32,35H,16-17H2,1-3H3,(H,30,33)/t19-,25+,26-,29+/m0/s1. The van der Waals surface area contributed by atoms with Crippen molar-refractivity contribution in [2.24, 2.45) is 5.92 Å². The van der Waals surface area contributed by atoms with Gasteiger partial charge in [-0.05, 0) is 62.0 Å². The molecular weight excluding hydrogens is 484 g/mol. The third-order valence-corrected chi connectivity index (χ3v) is 10.1. The summed E-state index contributed by atoms with van der Waals surface area (Å²) in [6, 6.07) is 23.8. The van der Waals surface area contributed by atoms with Crippen LogP contribution in [0, 0.1) is 5.92 Å². The quantitative estimate of drug-likeness (QED) is 0.409. The highest BCUT2D eigenvalue weighted by Gasteiger charge is 2.66. The molecule has 1 saturated heterocycles. The summed E-state index contributed by atoms with van der Waals surface area (Å²) in [6.07, 6.45) is -0.145. The fourth-order valence-electron chi connectivity index (χ4n) is 6.10. The van der Waals surface area contributed by atoms with Crippen molar-refractivity contribution in [1.29, 1.82) is 0 Å². The summed E-state index contributed by atoms with van der Waals surface area (Å²) in [4.78, 5) is 40.2. The normalized spacial score (nSPS) is 24.9.